The second-order valence-electron chi connectivity index (χ2n) is 4.73. The lowest BCUT2D eigenvalue weighted by Gasteiger charge is -2.15. The average Bonchev–Trinajstić information content (AvgIpc) is 2.91. The van der Waals surface area contributed by atoms with E-state index in [2.05, 4.69) is 65.8 Å². The predicted octanol–water partition coefficient (Wildman–Crippen LogP) is 4.86. The molecule has 1 aromatic heterocycles. The van der Waals surface area contributed by atoms with Crippen LogP contribution in [-0.4, -0.2) is 4.98 Å². The lowest BCUT2D eigenvalue weighted by atomic mass is 10.1. The Hall–Kier alpha value is -1.93. The minimum absolute atomic E-state index is 1.03. The van der Waals surface area contributed by atoms with Gasteiger partial charge in [-0.15, -0.1) is 0 Å². The van der Waals surface area contributed by atoms with Crippen molar-refractivity contribution in [3.05, 3.63) is 71.9 Å². The molecule has 4 rings (SSSR count). The van der Waals surface area contributed by atoms with E-state index in [9.17, 15) is 0 Å². The van der Waals surface area contributed by atoms with Crippen LogP contribution in [0.25, 0.3) is 15.8 Å². The van der Waals surface area contributed by atoms with Crippen molar-refractivity contribution in [2.75, 3.05) is 0 Å². The highest BCUT2D eigenvalue weighted by atomic mass is 32.2. The normalized spacial score (nSPS) is 14.2. The Balaban J connectivity index is 1.81. The first-order chi connectivity index (χ1) is 9.42. The van der Waals surface area contributed by atoms with Crippen LogP contribution in [0.15, 0.2) is 65.7 Å². The standard InChI is InChI=1S/C17H13NS/c1-4-8-16-12(5-1)9-10-17(19-16)14-11-18-15-7-3-2-6-13(14)15/h1-8,10-11,18H,9H2. The van der Waals surface area contributed by atoms with Crippen molar-refractivity contribution in [1.29, 1.82) is 0 Å². The molecular formula is C17H13NS. The molecule has 0 saturated carbocycles. The van der Waals surface area contributed by atoms with E-state index in [1.165, 1.54) is 31.8 Å². The lowest BCUT2D eigenvalue weighted by molar-refractivity contribution is 1.17. The van der Waals surface area contributed by atoms with Crippen LogP contribution < -0.4 is 0 Å². The van der Waals surface area contributed by atoms with E-state index in [1.54, 1.807) is 0 Å². The number of para-hydroxylation sites is 1. The van der Waals surface area contributed by atoms with E-state index < -0.39 is 0 Å². The summed E-state index contributed by atoms with van der Waals surface area (Å²) < 4.78 is 0. The molecule has 0 spiro atoms. The topological polar surface area (TPSA) is 15.8 Å². The van der Waals surface area contributed by atoms with E-state index in [0.717, 1.165) is 6.42 Å². The van der Waals surface area contributed by atoms with Gasteiger partial charge in [-0.05, 0) is 24.1 Å². The number of hydrogen-bond acceptors (Lipinski definition) is 1. The Morgan fingerprint density at radius 2 is 1.79 bits per heavy atom. The van der Waals surface area contributed by atoms with Crippen molar-refractivity contribution < 1.29 is 0 Å². The fourth-order valence-electron chi connectivity index (χ4n) is 2.58. The van der Waals surface area contributed by atoms with Crippen molar-refractivity contribution in [3.63, 3.8) is 0 Å². The summed E-state index contributed by atoms with van der Waals surface area (Å²) in [5.74, 6) is 0. The van der Waals surface area contributed by atoms with Gasteiger partial charge < -0.3 is 4.98 Å². The van der Waals surface area contributed by atoms with Gasteiger partial charge in [-0.3, -0.25) is 0 Å². The Morgan fingerprint density at radius 1 is 0.947 bits per heavy atom. The van der Waals surface area contributed by atoms with Gasteiger partial charge in [0.15, 0.2) is 0 Å². The number of aromatic nitrogens is 1. The van der Waals surface area contributed by atoms with Gasteiger partial charge in [0, 0.05) is 32.5 Å². The van der Waals surface area contributed by atoms with Gasteiger partial charge in [0.05, 0.1) is 0 Å². The molecule has 19 heavy (non-hydrogen) atoms. The van der Waals surface area contributed by atoms with Crippen LogP contribution >= 0.6 is 11.8 Å². The summed E-state index contributed by atoms with van der Waals surface area (Å²) in [6.45, 7) is 0. The molecule has 1 nitrogen and oxygen atoms in total. The molecule has 0 aliphatic carbocycles. The number of benzene rings is 2. The third-order valence-corrected chi connectivity index (χ3v) is 4.78. The molecule has 0 bridgehead atoms. The SMILES string of the molecule is C1=C(c2c[nH]c3ccccc23)Sc2ccccc2C1. The second kappa shape index (κ2) is 4.32. The summed E-state index contributed by atoms with van der Waals surface area (Å²) in [6, 6.07) is 17.1. The van der Waals surface area contributed by atoms with Crippen molar-refractivity contribution in [1.82, 2.24) is 4.98 Å². The number of allylic oxidation sites excluding steroid dienone is 1. The summed E-state index contributed by atoms with van der Waals surface area (Å²) in [4.78, 5) is 6.09. The van der Waals surface area contributed by atoms with Gasteiger partial charge in [0.2, 0.25) is 0 Å². The van der Waals surface area contributed by atoms with Crippen LogP contribution in [0, 0.1) is 0 Å². The molecule has 0 fully saturated rings. The number of H-pyrrole nitrogens is 1. The minimum Gasteiger partial charge on any atom is -0.361 e. The van der Waals surface area contributed by atoms with Crippen LogP contribution in [0.2, 0.25) is 0 Å². The zero-order valence-electron chi connectivity index (χ0n) is 10.4. The highest BCUT2D eigenvalue weighted by molar-refractivity contribution is 8.08. The van der Waals surface area contributed by atoms with Gasteiger partial charge in [0.25, 0.3) is 0 Å². The summed E-state index contributed by atoms with van der Waals surface area (Å²) in [6.07, 6.45) is 5.48. The van der Waals surface area contributed by atoms with E-state index in [-0.39, 0.29) is 0 Å². The van der Waals surface area contributed by atoms with Gasteiger partial charge in [-0.2, -0.15) is 0 Å². The van der Waals surface area contributed by atoms with Crippen LogP contribution in [-0.2, 0) is 6.42 Å². The molecular weight excluding hydrogens is 250 g/mol. The van der Waals surface area contributed by atoms with Gasteiger partial charge in [0.1, 0.15) is 0 Å². The van der Waals surface area contributed by atoms with Crippen LogP contribution in [0.4, 0.5) is 0 Å². The quantitative estimate of drug-likeness (QED) is 0.663. The van der Waals surface area contributed by atoms with Crippen LogP contribution in [0.1, 0.15) is 11.1 Å². The molecule has 1 N–H and O–H groups in total. The summed E-state index contributed by atoms with van der Waals surface area (Å²) in [5, 5.41) is 1.31. The highest BCUT2D eigenvalue weighted by Crippen LogP contribution is 2.42. The Labute approximate surface area is 116 Å². The average molecular weight is 263 g/mol. The first kappa shape index (κ1) is 10.9. The first-order valence-electron chi connectivity index (χ1n) is 6.44. The van der Waals surface area contributed by atoms with E-state index >= 15 is 0 Å². The number of nitrogens with one attached hydrogen (secondary N) is 1. The Kier molecular flexibility index (Phi) is 2.49. The maximum atomic E-state index is 3.36. The van der Waals surface area contributed by atoms with E-state index in [0.29, 0.717) is 0 Å². The molecule has 1 aliphatic rings. The third kappa shape index (κ3) is 1.80. The molecule has 3 aromatic rings. The van der Waals surface area contributed by atoms with Crippen molar-refractivity contribution in [3.8, 4) is 0 Å². The number of aromatic amines is 1. The van der Waals surface area contributed by atoms with Gasteiger partial charge in [-0.1, -0.05) is 54.2 Å². The Morgan fingerprint density at radius 3 is 2.79 bits per heavy atom. The molecule has 2 heteroatoms. The number of hydrogen-bond donors (Lipinski definition) is 1. The number of thioether (sulfide) groups is 1. The summed E-state index contributed by atoms with van der Waals surface area (Å²) in [5.41, 5.74) is 3.95. The maximum absolute atomic E-state index is 3.36. The monoisotopic (exact) mass is 263 g/mol. The lowest BCUT2D eigenvalue weighted by Crippen LogP contribution is -1.93. The molecule has 2 aromatic carbocycles. The molecule has 0 saturated heterocycles. The van der Waals surface area contributed by atoms with Crippen molar-refractivity contribution >= 4 is 27.6 Å². The fraction of sp³-hybridized carbons (Fsp3) is 0.0588. The van der Waals surface area contributed by atoms with Crippen LogP contribution in [0.3, 0.4) is 0 Å². The molecule has 0 atom stereocenters. The molecule has 0 radical (unpaired) electrons. The van der Waals surface area contributed by atoms with E-state index in [1.807, 2.05) is 11.8 Å². The summed E-state index contributed by atoms with van der Waals surface area (Å²) >= 11 is 1.87. The third-order valence-electron chi connectivity index (χ3n) is 3.55. The molecule has 0 amide bonds. The van der Waals surface area contributed by atoms with Crippen LogP contribution in [0.5, 0.6) is 0 Å². The van der Waals surface area contributed by atoms with Crippen molar-refractivity contribution in [2.45, 2.75) is 11.3 Å². The summed E-state index contributed by atoms with van der Waals surface area (Å²) in [7, 11) is 0. The van der Waals surface area contributed by atoms with Gasteiger partial charge >= 0.3 is 0 Å². The molecule has 2 heterocycles. The smallest absolute Gasteiger partial charge is 0.0460 e. The van der Waals surface area contributed by atoms with Crippen molar-refractivity contribution in [2.24, 2.45) is 0 Å². The minimum atomic E-state index is 1.03. The Bertz CT molecular complexity index is 783. The van der Waals surface area contributed by atoms with E-state index in [4.69, 9.17) is 0 Å². The molecule has 0 unspecified atom stereocenters. The predicted molar refractivity (Wildman–Crippen MR) is 82.3 cm³/mol. The zero-order valence-corrected chi connectivity index (χ0v) is 11.2. The highest BCUT2D eigenvalue weighted by Gasteiger charge is 2.15. The second-order valence-corrected chi connectivity index (χ2v) is 5.81. The number of fused-ring (bicyclic) bond motifs is 2. The first-order valence-corrected chi connectivity index (χ1v) is 7.26. The number of rotatable bonds is 1. The largest absolute Gasteiger partial charge is 0.361 e. The zero-order chi connectivity index (χ0) is 12.7. The maximum Gasteiger partial charge on any atom is 0.0460 e. The molecule has 92 valence electrons. The fourth-order valence-corrected chi connectivity index (χ4v) is 3.69. The molecule has 1 aliphatic heterocycles. The van der Waals surface area contributed by atoms with Gasteiger partial charge in [-0.25, -0.2) is 0 Å².